The molecule has 0 aliphatic rings. The Labute approximate surface area is 198 Å². The SMILES string of the molecule is CCCCCCCCCCCCN(CCCC)Oc1cccc2c(CC)ccc(CC)c12. The van der Waals surface area contributed by atoms with Crippen molar-refractivity contribution in [3.05, 3.63) is 41.5 Å². The highest BCUT2D eigenvalue weighted by atomic mass is 16.7. The van der Waals surface area contributed by atoms with Gasteiger partial charge in [0, 0.05) is 18.5 Å². The molecule has 0 aliphatic heterocycles. The van der Waals surface area contributed by atoms with Gasteiger partial charge in [-0.15, -0.1) is 5.06 Å². The van der Waals surface area contributed by atoms with Gasteiger partial charge in [0.15, 0.2) is 5.75 Å². The Kier molecular flexibility index (Phi) is 13.5. The first-order valence-corrected chi connectivity index (χ1v) is 13.7. The Morgan fingerprint density at radius 1 is 0.594 bits per heavy atom. The maximum atomic E-state index is 6.59. The molecule has 2 rings (SSSR count). The topological polar surface area (TPSA) is 12.5 Å². The molecule has 0 fully saturated rings. The molecule has 0 N–H and O–H groups in total. The second-order valence-corrected chi connectivity index (χ2v) is 9.33. The van der Waals surface area contributed by atoms with Crippen molar-refractivity contribution < 1.29 is 4.84 Å². The van der Waals surface area contributed by atoms with E-state index < -0.39 is 0 Å². The number of fused-ring (bicyclic) bond motifs is 1. The van der Waals surface area contributed by atoms with E-state index in [1.807, 2.05) is 0 Å². The number of rotatable bonds is 18. The highest BCUT2D eigenvalue weighted by molar-refractivity contribution is 5.93. The molecular formula is C30H49NO. The largest absolute Gasteiger partial charge is 0.405 e. The van der Waals surface area contributed by atoms with Gasteiger partial charge < -0.3 is 4.84 Å². The average Bonchev–Trinajstić information content (AvgIpc) is 2.82. The van der Waals surface area contributed by atoms with Gasteiger partial charge in [-0.1, -0.05) is 116 Å². The molecule has 2 heteroatoms. The summed E-state index contributed by atoms with van der Waals surface area (Å²) in [5, 5.41) is 4.92. The van der Waals surface area contributed by atoms with Crippen LogP contribution in [0.25, 0.3) is 10.8 Å². The third-order valence-corrected chi connectivity index (χ3v) is 6.69. The Morgan fingerprint density at radius 3 is 1.78 bits per heavy atom. The van der Waals surface area contributed by atoms with Crippen molar-refractivity contribution in [3.8, 4) is 5.75 Å². The summed E-state index contributed by atoms with van der Waals surface area (Å²) < 4.78 is 0. The molecule has 0 amide bonds. The first-order valence-electron chi connectivity index (χ1n) is 13.7. The molecule has 2 aromatic rings. The Balaban J connectivity index is 1.91. The Hall–Kier alpha value is -1.54. The number of hydrogen-bond acceptors (Lipinski definition) is 2. The van der Waals surface area contributed by atoms with Crippen LogP contribution in [0, 0.1) is 0 Å². The van der Waals surface area contributed by atoms with Crippen molar-refractivity contribution in [1.82, 2.24) is 5.06 Å². The smallest absolute Gasteiger partial charge is 0.155 e. The third-order valence-electron chi connectivity index (χ3n) is 6.69. The number of nitrogens with zero attached hydrogens (tertiary/aromatic N) is 1. The molecule has 0 saturated heterocycles. The minimum absolute atomic E-state index is 1.01. The Morgan fingerprint density at radius 2 is 1.16 bits per heavy atom. The van der Waals surface area contributed by atoms with E-state index in [2.05, 4.69) is 63.1 Å². The average molecular weight is 440 g/mol. The summed E-state index contributed by atoms with van der Waals surface area (Å²) in [7, 11) is 0. The zero-order chi connectivity index (χ0) is 23.0. The van der Waals surface area contributed by atoms with Gasteiger partial charge in [0.05, 0.1) is 0 Å². The highest BCUT2D eigenvalue weighted by Gasteiger charge is 2.13. The predicted molar refractivity (Wildman–Crippen MR) is 142 cm³/mol. The number of aryl methyl sites for hydroxylation is 2. The maximum Gasteiger partial charge on any atom is 0.155 e. The minimum Gasteiger partial charge on any atom is -0.405 e. The molecule has 180 valence electrons. The standard InChI is InChI=1S/C30H49NO/c1-5-9-11-12-13-14-15-16-17-18-25-31(24-10-6-2)32-29-21-19-20-28-26(7-3)22-23-27(8-4)30(28)29/h19-23H,5-18,24-25H2,1-4H3. The molecule has 2 nitrogen and oxygen atoms in total. The van der Waals surface area contributed by atoms with Crippen LogP contribution >= 0.6 is 0 Å². The lowest BCUT2D eigenvalue weighted by molar-refractivity contribution is -0.0590. The zero-order valence-electron chi connectivity index (χ0n) is 21.6. The molecule has 0 heterocycles. The van der Waals surface area contributed by atoms with Crippen molar-refractivity contribution >= 4 is 10.8 Å². The molecule has 0 unspecified atom stereocenters. The van der Waals surface area contributed by atoms with Crippen LogP contribution in [0.1, 0.15) is 116 Å². The van der Waals surface area contributed by atoms with E-state index in [9.17, 15) is 0 Å². The van der Waals surface area contributed by atoms with Gasteiger partial charge in [-0.3, -0.25) is 0 Å². The van der Waals surface area contributed by atoms with Crippen LogP contribution in [0.15, 0.2) is 30.3 Å². The van der Waals surface area contributed by atoms with Crippen molar-refractivity contribution in [1.29, 1.82) is 0 Å². The second-order valence-electron chi connectivity index (χ2n) is 9.33. The van der Waals surface area contributed by atoms with Crippen LogP contribution in [-0.4, -0.2) is 18.2 Å². The number of unbranched alkanes of at least 4 members (excludes halogenated alkanes) is 10. The molecule has 32 heavy (non-hydrogen) atoms. The van der Waals surface area contributed by atoms with E-state index in [1.54, 1.807) is 0 Å². The first kappa shape index (κ1) is 26.7. The fourth-order valence-corrected chi connectivity index (χ4v) is 4.64. The lowest BCUT2D eigenvalue weighted by Gasteiger charge is -2.24. The first-order chi connectivity index (χ1) is 15.7. The normalized spacial score (nSPS) is 11.5. The van der Waals surface area contributed by atoms with Gasteiger partial charge in [0.25, 0.3) is 0 Å². The number of benzene rings is 2. The predicted octanol–water partition coefficient (Wildman–Crippen LogP) is 9.28. The quantitative estimate of drug-likeness (QED) is 0.169. The van der Waals surface area contributed by atoms with E-state index in [0.29, 0.717) is 0 Å². The van der Waals surface area contributed by atoms with Crippen LogP contribution in [0.3, 0.4) is 0 Å². The fourth-order valence-electron chi connectivity index (χ4n) is 4.64. The molecule has 0 atom stereocenters. The molecule has 0 bridgehead atoms. The van der Waals surface area contributed by atoms with E-state index in [1.165, 1.54) is 98.9 Å². The van der Waals surface area contributed by atoms with Crippen LogP contribution in [0.4, 0.5) is 0 Å². The Bertz CT molecular complexity index is 754. The van der Waals surface area contributed by atoms with Crippen molar-refractivity contribution in [2.24, 2.45) is 0 Å². The summed E-state index contributed by atoms with van der Waals surface area (Å²) in [5.74, 6) is 1.04. The summed E-state index contributed by atoms with van der Waals surface area (Å²) in [5.41, 5.74) is 2.81. The minimum atomic E-state index is 1.01. The maximum absolute atomic E-state index is 6.59. The van der Waals surface area contributed by atoms with E-state index in [4.69, 9.17) is 4.84 Å². The van der Waals surface area contributed by atoms with Gasteiger partial charge in [-0.25, -0.2) is 0 Å². The molecule has 0 radical (unpaired) electrons. The molecular weight excluding hydrogens is 390 g/mol. The monoisotopic (exact) mass is 439 g/mol. The van der Waals surface area contributed by atoms with Gasteiger partial charge in [0.1, 0.15) is 0 Å². The summed E-state index contributed by atoms with van der Waals surface area (Å²) in [4.78, 5) is 6.59. The van der Waals surface area contributed by atoms with Gasteiger partial charge in [-0.2, -0.15) is 0 Å². The van der Waals surface area contributed by atoms with Crippen molar-refractivity contribution in [3.63, 3.8) is 0 Å². The molecule has 2 aromatic carbocycles. The van der Waals surface area contributed by atoms with Gasteiger partial charge >= 0.3 is 0 Å². The van der Waals surface area contributed by atoms with Crippen LogP contribution < -0.4 is 4.84 Å². The summed E-state index contributed by atoms with van der Waals surface area (Å²) >= 11 is 0. The lowest BCUT2D eigenvalue weighted by Crippen LogP contribution is -2.30. The second kappa shape index (κ2) is 16.1. The van der Waals surface area contributed by atoms with E-state index in [-0.39, 0.29) is 0 Å². The highest BCUT2D eigenvalue weighted by Crippen LogP contribution is 2.33. The van der Waals surface area contributed by atoms with E-state index >= 15 is 0 Å². The number of hydroxylamine groups is 2. The van der Waals surface area contributed by atoms with Crippen LogP contribution in [0.5, 0.6) is 5.75 Å². The zero-order valence-corrected chi connectivity index (χ0v) is 21.6. The number of hydrogen-bond donors (Lipinski definition) is 0. The molecule has 0 saturated carbocycles. The van der Waals surface area contributed by atoms with Crippen LogP contribution in [-0.2, 0) is 12.8 Å². The third kappa shape index (κ3) is 8.77. The van der Waals surface area contributed by atoms with Gasteiger partial charge in [-0.05, 0) is 48.3 Å². The molecule has 0 spiro atoms. The summed E-state index contributed by atoms with van der Waals surface area (Å²) in [6, 6.07) is 11.2. The molecule has 0 aromatic heterocycles. The van der Waals surface area contributed by atoms with Gasteiger partial charge in [0.2, 0.25) is 0 Å². The van der Waals surface area contributed by atoms with Crippen molar-refractivity contribution in [2.75, 3.05) is 13.1 Å². The summed E-state index contributed by atoms with van der Waals surface area (Å²) in [6.07, 6.45) is 18.2. The van der Waals surface area contributed by atoms with E-state index in [0.717, 1.165) is 31.7 Å². The lowest BCUT2D eigenvalue weighted by atomic mass is 9.96. The summed E-state index contributed by atoms with van der Waals surface area (Å²) in [6.45, 7) is 11.1. The van der Waals surface area contributed by atoms with Crippen molar-refractivity contribution in [2.45, 2.75) is 118 Å². The fraction of sp³-hybridized carbons (Fsp3) is 0.667. The molecule has 0 aliphatic carbocycles. The van der Waals surface area contributed by atoms with Crippen LogP contribution in [0.2, 0.25) is 0 Å².